The molecule has 0 bridgehead atoms. The van der Waals surface area contributed by atoms with E-state index in [0.29, 0.717) is 19.1 Å². The Hall–Kier alpha value is -1.13. The smallest absolute Gasteiger partial charge is 0.123 e. The van der Waals surface area contributed by atoms with Gasteiger partial charge in [-0.25, -0.2) is 4.39 Å². The van der Waals surface area contributed by atoms with Gasteiger partial charge in [0.15, 0.2) is 0 Å². The van der Waals surface area contributed by atoms with Gasteiger partial charge < -0.3 is 15.3 Å². The molecule has 0 unspecified atom stereocenters. The molecule has 0 aliphatic heterocycles. The molecule has 114 valence electrons. The van der Waals surface area contributed by atoms with Crippen LogP contribution in [-0.2, 0) is 6.54 Å². The number of nitrogens with zero attached hydrogens (tertiary/aromatic N) is 1. The van der Waals surface area contributed by atoms with E-state index in [1.807, 2.05) is 13.0 Å². The second-order valence-electron chi connectivity index (χ2n) is 4.94. The number of hydrogen-bond donors (Lipinski definition) is 2. The van der Waals surface area contributed by atoms with E-state index >= 15 is 0 Å². The monoisotopic (exact) mass is 282 g/mol. The highest BCUT2D eigenvalue weighted by Gasteiger charge is 2.18. The summed E-state index contributed by atoms with van der Waals surface area (Å²) in [4.78, 5) is 2.20. The van der Waals surface area contributed by atoms with Crippen molar-refractivity contribution >= 4 is 5.69 Å². The first-order chi connectivity index (χ1) is 9.67. The van der Waals surface area contributed by atoms with Gasteiger partial charge in [0.1, 0.15) is 5.82 Å². The Balaban J connectivity index is 3.10. The molecule has 0 heterocycles. The van der Waals surface area contributed by atoms with Gasteiger partial charge in [0.05, 0.1) is 6.61 Å². The first-order valence-corrected chi connectivity index (χ1v) is 7.54. The van der Waals surface area contributed by atoms with Crippen molar-refractivity contribution in [3.63, 3.8) is 0 Å². The maximum atomic E-state index is 13.5. The molecule has 0 radical (unpaired) electrons. The summed E-state index contributed by atoms with van der Waals surface area (Å²) in [6.07, 6.45) is 2.02. The average Bonchev–Trinajstić information content (AvgIpc) is 2.46. The molecule has 0 saturated heterocycles. The lowest BCUT2D eigenvalue weighted by molar-refractivity contribution is 0.296. The fourth-order valence-electron chi connectivity index (χ4n) is 2.57. The number of halogens is 1. The summed E-state index contributed by atoms with van der Waals surface area (Å²) >= 11 is 0. The number of aliphatic hydroxyl groups is 1. The Bertz CT molecular complexity index is 394. The molecule has 0 aliphatic carbocycles. The van der Waals surface area contributed by atoms with Crippen LogP contribution in [0, 0.1) is 5.82 Å². The van der Waals surface area contributed by atoms with E-state index < -0.39 is 0 Å². The van der Waals surface area contributed by atoms with Crippen LogP contribution in [0.2, 0.25) is 0 Å². The third-order valence-electron chi connectivity index (χ3n) is 3.64. The first-order valence-electron chi connectivity index (χ1n) is 7.54. The fourth-order valence-corrected chi connectivity index (χ4v) is 2.57. The second kappa shape index (κ2) is 8.93. The highest BCUT2D eigenvalue weighted by atomic mass is 19.1. The Labute approximate surface area is 121 Å². The normalized spacial score (nSPS) is 11.1. The molecule has 3 nitrogen and oxygen atoms in total. The highest BCUT2D eigenvalue weighted by molar-refractivity contribution is 5.54. The van der Waals surface area contributed by atoms with Crippen LogP contribution in [0.5, 0.6) is 0 Å². The van der Waals surface area contributed by atoms with Crippen LogP contribution in [0.4, 0.5) is 10.1 Å². The van der Waals surface area contributed by atoms with Crippen LogP contribution in [-0.4, -0.2) is 30.8 Å². The minimum absolute atomic E-state index is 0.106. The molecular formula is C16H27FN2O. The standard InChI is InChI=1S/C16H27FN2O/c1-4-15(5-2)19(9-10-20)16-8-7-14(17)11-13(16)12-18-6-3/h7-8,11,15,18,20H,4-6,9-10,12H2,1-3H3. The Morgan fingerprint density at radius 3 is 2.50 bits per heavy atom. The number of benzene rings is 1. The lowest BCUT2D eigenvalue weighted by atomic mass is 10.1. The van der Waals surface area contributed by atoms with Crippen molar-refractivity contribution in [2.24, 2.45) is 0 Å². The molecule has 0 saturated carbocycles. The fraction of sp³-hybridized carbons (Fsp3) is 0.625. The molecule has 0 aliphatic rings. The molecule has 2 N–H and O–H groups in total. The zero-order valence-corrected chi connectivity index (χ0v) is 12.8. The van der Waals surface area contributed by atoms with Gasteiger partial charge in [-0.3, -0.25) is 0 Å². The van der Waals surface area contributed by atoms with Crippen molar-refractivity contribution in [2.75, 3.05) is 24.6 Å². The van der Waals surface area contributed by atoms with Gasteiger partial charge in [0.2, 0.25) is 0 Å². The maximum absolute atomic E-state index is 13.5. The van der Waals surface area contributed by atoms with Gasteiger partial charge in [0.25, 0.3) is 0 Å². The average molecular weight is 282 g/mol. The number of aliphatic hydroxyl groups excluding tert-OH is 1. The summed E-state index contributed by atoms with van der Waals surface area (Å²) in [6, 6.07) is 5.28. The third-order valence-corrected chi connectivity index (χ3v) is 3.64. The van der Waals surface area contributed by atoms with Crippen molar-refractivity contribution in [3.05, 3.63) is 29.6 Å². The number of hydrogen-bond acceptors (Lipinski definition) is 3. The molecule has 0 amide bonds. The highest BCUT2D eigenvalue weighted by Crippen LogP contribution is 2.25. The van der Waals surface area contributed by atoms with Crippen LogP contribution in [0.1, 0.15) is 39.2 Å². The van der Waals surface area contributed by atoms with Gasteiger partial charge >= 0.3 is 0 Å². The van der Waals surface area contributed by atoms with Crippen molar-refractivity contribution in [3.8, 4) is 0 Å². The first kappa shape index (κ1) is 16.9. The maximum Gasteiger partial charge on any atom is 0.123 e. The van der Waals surface area contributed by atoms with E-state index in [4.69, 9.17) is 0 Å². The molecule has 0 aromatic heterocycles. The summed E-state index contributed by atoms with van der Waals surface area (Å²) in [5.41, 5.74) is 1.97. The van der Waals surface area contributed by atoms with Crippen molar-refractivity contribution in [1.29, 1.82) is 0 Å². The third kappa shape index (κ3) is 4.46. The molecule has 4 heteroatoms. The molecule has 20 heavy (non-hydrogen) atoms. The van der Waals surface area contributed by atoms with Gasteiger partial charge in [0, 0.05) is 24.8 Å². The summed E-state index contributed by atoms with van der Waals surface area (Å²) in [6.45, 7) is 8.50. The van der Waals surface area contributed by atoms with Crippen molar-refractivity contribution < 1.29 is 9.50 Å². The molecule has 1 aromatic carbocycles. The SMILES string of the molecule is CCNCc1cc(F)ccc1N(CCO)C(CC)CC. The van der Waals surface area contributed by atoms with Gasteiger partial charge in [-0.05, 0) is 43.1 Å². The largest absolute Gasteiger partial charge is 0.395 e. The topological polar surface area (TPSA) is 35.5 Å². The summed E-state index contributed by atoms with van der Waals surface area (Å²) in [5.74, 6) is -0.213. The lowest BCUT2D eigenvalue weighted by Gasteiger charge is -2.34. The quantitative estimate of drug-likeness (QED) is 0.731. The van der Waals surface area contributed by atoms with Crippen LogP contribution in [0.15, 0.2) is 18.2 Å². The molecule has 1 rings (SSSR count). The van der Waals surface area contributed by atoms with Crippen molar-refractivity contribution in [1.82, 2.24) is 5.32 Å². The summed E-state index contributed by atoms with van der Waals surface area (Å²) in [5, 5.41) is 12.6. The predicted molar refractivity (Wildman–Crippen MR) is 82.6 cm³/mol. The molecule has 0 atom stereocenters. The number of rotatable bonds is 9. The zero-order valence-electron chi connectivity index (χ0n) is 12.8. The van der Waals surface area contributed by atoms with Gasteiger partial charge in [-0.2, -0.15) is 0 Å². The zero-order chi connectivity index (χ0) is 15.0. The predicted octanol–water partition coefficient (Wildman–Crippen LogP) is 2.92. The summed E-state index contributed by atoms with van der Waals surface area (Å²) < 4.78 is 13.5. The number of anilines is 1. The van der Waals surface area contributed by atoms with E-state index in [-0.39, 0.29) is 12.4 Å². The summed E-state index contributed by atoms with van der Waals surface area (Å²) in [7, 11) is 0. The minimum Gasteiger partial charge on any atom is -0.395 e. The van der Waals surface area contributed by atoms with Gasteiger partial charge in [-0.15, -0.1) is 0 Å². The minimum atomic E-state index is -0.213. The Morgan fingerprint density at radius 1 is 1.25 bits per heavy atom. The lowest BCUT2D eigenvalue weighted by Crippen LogP contribution is -2.37. The van der Waals surface area contributed by atoms with E-state index in [1.54, 1.807) is 6.07 Å². The second-order valence-corrected chi connectivity index (χ2v) is 4.94. The Morgan fingerprint density at radius 2 is 1.95 bits per heavy atom. The van der Waals surface area contributed by atoms with Crippen LogP contribution in [0.3, 0.4) is 0 Å². The van der Waals surface area contributed by atoms with Crippen LogP contribution >= 0.6 is 0 Å². The number of nitrogens with one attached hydrogen (secondary N) is 1. The van der Waals surface area contributed by atoms with E-state index in [2.05, 4.69) is 24.1 Å². The van der Waals surface area contributed by atoms with E-state index in [0.717, 1.165) is 30.6 Å². The molecular weight excluding hydrogens is 255 g/mol. The molecule has 1 aromatic rings. The van der Waals surface area contributed by atoms with E-state index in [1.165, 1.54) is 6.07 Å². The Kier molecular flexibility index (Phi) is 7.55. The molecule has 0 fully saturated rings. The van der Waals surface area contributed by atoms with E-state index in [9.17, 15) is 9.50 Å². The van der Waals surface area contributed by atoms with Crippen LogP contribution in [0.25, 0.3) is 0 Å². The molecule has 0 spiro atoms. The van der Waals surface area contributed by atoms with Crippen LogP contribution < -0.4 is 10.2 Å². The van der Waals surface area contributed by atoms with Gasteiger partial charge in [-0.1, -0.05) is 20.8 Å². The van der Waals surface area contributed by atoms with Crippen molar-refractivity contribution in [2.45, 2.75) is 46.2 Å².